The van der Waals surface area contributed by atoms with Crippen LogP contribution < -0.4 is 15.0 Å². The Labute approximate surface area is 167 Å². The lowest BCUT2D eigenvalue weighted by Crippen LogP contribution is -3.12. The number of rotatable bonds is 8. The summed E-state index contributed by atoms with van der Waals surface area (Å²) in [5.41, 5.74) is 3.35. The highest BCUT2D eigenvalue weighted by atomic mass is 16.5. The van der Waals surface area contributed by atoms with Crippen LogP contribution in [0.3, 0.4) is 0 Å². The SMILES string of the molecule is CC[C@@H](C)c1ccc(OCC(=O)Nc2ccc(C[NH+]3CCOCC3)cc2)cc1. The third-order valence-electron chi connectivity index (χ3n) is 5.32. The van der Waals surface area contributed by atoms with Crippen LogP contribution in [0, 0.1) is 0 Å². The molecular weight excluding hydrogens is 352 g/mol. The summed E-state index contributed by atoms with van der Waals surface area (Å²) in [4.78, 5) is 13.7. The average molecular weight is 384 g/mol. The second-order valence-electron chi connectivity index (χ2n) is 7.45. The minimum atomic E-state index is -0.155. The quantitative estimate of drug-likeness (QED) is 0.737. The van der Waals surface area contributed by atoms with Gasteiger partial charge in [0.05, 0.1) is 13.2 Å². The van der Waals surface area contributed by atoms with Gasteiger partial charge in [-0.25, -0.2) is 0 Å². The zero-order chi connectivity index (χ0) is 19.8. The highest BCUT2D eigenvalue weighted by Crippen LogP contribution is 2.21. The van der Waals surface area contributed by atoms with Gasteiger partial charge in [-0.15, -0.1) is 0 Å². The number of nitrogens with one attached hydrogen (secondary N) is 2. The topological polar surface area (TPSA) is 52.0 Å². The summed E-state index contributed by atoms with van der Waals surface area (Å²) < 4.78 is 11.0. The van der Waals surface area contributed by atoms with E-state index in [-0.39, 0.29) is 12.5 Å². The molecule has 0 aliphatic carbocycles. The first-order chi connectivity index (χ1) is 13.6. The first-order valence-electron chi connectivity index (χ1n) is 10.2. The van der Waals surface area contributed by atoms with Crippen LogP contribution in [-0.2, 0) is 16.1 Å². The van der Waals surface area contributed by atoms with Crippen LogP contribution in [0.4, 0.5) is 5.69 Å². The van der Waals surface area contributed by atoms with Crippen LogP contribution in [-0.4, -0.2) is 38.8 Å². The lowest BCUT2D eigenvalue weighted by molar-refractivity contribution is -0.921. The van der Waals surface area contributed by atoms with Gasteiger partial charge in [0, 0.05) is 11.3 Å². The van der Waals surface area contributed by atoms with E-state index in [1.165, 1.54) is 16.0 Å². The van der Waals surface area contributed by atoms with Crippen LogP contribution in [0.1, 0.15) is 37.3 Å². The zero-order valence-corrected chi connectivity index (χ0v) is 16.9. The molecule has 1 aliphatic rings. The molecule has 2 aromatic carbocycles. The van der Waals surface area contributed by atoms with Gasteiger partial charge in [-0.2, -0.15) is 0 Å². The van der Waals surface area contributed by atoms with Crippen LogP contribution >= 0.6 is 0 Å². The van der Waals surface area contributed by atoms with Gasteiger partial charge in [-0.3, -0.25) is 4.79 Å². The molecule has 1 atom stereocenters. The molecule has 2 N–H and O–H groups in total. The maximum Gasteiger partial charge on any atom is 0.262 e. The predicted octanol–water partition coefficient (Wildman–Crippen LogP) is 2.63. The van der Waals surface area contributed by atoms with Crippen LogP contribution in [0.25, 0.3) is 0 Å². The Morgan fingerprint density at radius 2 is 1.79 bits per heavy atom. The highest BCUT2D eigenvalue weighted by Gasteiger charge is 2.14. The summed E-state index contributed by atoms with van der Waals surface area (Å²) in [5, 5.41) is 2.89. The Balaban J connectivity index is 1.44. The summed E-state index contributed by atoms with van der Waals surface area (Å²) in [6.07, 6.45) is 1.11. The molecule has 0 radical (unpaired) electrons. The third kappa shape index (κ3) is 6.08. The number of amides is 1. The molecule has 1 saturated heterocycles. The molecule has 1 amide bonds. The Morgan fingerprint density at radius 3 is 2.43 bits per heavy atom. The fraction of sp³-hybridized carbons (Fsp3) is 0.435. The van der Waals surface area contributed by atoms with Gasteiger partial charge >= 0.3 is 0 Å². The number of carbonyl (C=O) groups is 1. The number of anilines is 1. The van der Waals surface area contributed by atoms with Gasteiger partial charge < -0.3 is 19.7 Å². The van der Waals surface area contributed by atoms with Gasteiger partial charge in [-0.05, 0) is 42.2 Å². The molecule has 0 spiro atoms. The van der Waals surface area contributed by atoms with Gasteiger partial charge in [-0.1, -0.05) is 38.1 Å². The second kappa shape index (κ2) is 10.2. The summed E-state index contributed by atoms with van der Waals surface area (Å²) in [5.74, 6) is 1.09. The van der Waals surface area contributed by atoms with Crippen LogP contribution in [0.2, 0.25) is 0 Å². The number of quaternary nitrogens is 1. The minimum Gasteiger partial charge on any atom is -0.484 e. The van der Waals surface area contributed by atoms with Gasteiger partial charge in [0.2, 0.25) is 0 Å². The number of hydrogen-bond donors (Lipinski definition) is 2. The van der Waals surface area contributed by atoms with E-state index in [4.69, 9.17) is 9.47 Å². The first kappa shape index (κ1) is 20.4. The molecule has 1 heterocycles. The van der Waals surface area contributed by atoms with E-state index in [1.54, 1.807) is 0 Å². The van der Waals surface area contributed by atoms with Crippen LogP contribution in [0.5, 0.6) is 5.75 Å². The molecule has 0 saturated carbocycles. The third-order valence-corrected chi connectivity index (χ3v) is 5.32. The van der Waals surface area contributed by atoms with E-state index in [2.05, 4.69) is 43.4 Å². The summed E-state index contributed by atoms with van der Waals surface area (Å²) >= 11 is 0. The smallest absolute Gasteiger partial charge is 0.262 e. The van der Waals surface area contributed by atoms with Crippen molar-refractivity contribution in [2.24, 2.45) is 0 Å². The first-order valence-corrected chi connectivity index (χ1v) is 10.2. The highest BCUT2D eigenvalue weighted by molar-refractivity contribution is 5.91. The van der Waals surface area contributed by atoms with Gasteiger partial charge in [0.15, 0.2) is 6.61 Å². The second-order valence-corrected chi connectivity index (χ2v) is 7.45. The molecule has 5 heteroatoms. The Morgan fingerprint density at radius 1 is 1.11 bits per heavy atom. The Kier molecular flexibility index (Phi) is 7.46. The van der Waals surface area contributed by atoms with Crippen molar-refractivity contribution < 1.29 is 19.2 Å². The average Bonchev–Trinajstić information content (AvgIpc) is 2.74. The summed E-state index contributed by atoms with van der Waals surface area (Å²) in [6.45, 7) is 9.15. The maximum atomic E-state index is 12.2. The van der Waals surface area contributed by atoms with Crippen molar-refractivity contribution in [3.8, 4) is 5.75 Å². The molecular formula is C23H31N2O3+. The van der Waals surface area contributed by atoms with Gasteiger partial charge in [0.1, 0.15) is 25.4 Å². The van der Waals surface area contributed by atoms with Crippen molar-refractivity contribution in [1.82, 2.24) is 0 Å². The lowest BCUT2D eigenvalue weighted by Gasteiger charge is -2.23. The molecule has 2 aromatic rings. The van der Waals surface area contributed by atoms with E-state index in [0.717, 1.165) is 45.0 Å². The number of hydrogen-bond acceptors (Lipinski definition) is 3. The molecule has 1 fully saturated rings. The minimum absolute atomic E-state index is 0.00234. The van der Waals surface area contributed by atoms with Crippen LogP contribution in [0.15, 0.2) is 48.5 Å². The van der Waals surface area contributed by atoms with E-state index in [9.17, 15) is 4.79 Å². The fourth-order valence-corrected chi connectivity index (χ4v) is 3.31. The number of benzene rings is 2. The molecule has 0 bridgehead atoms. The van der Waals surface area contributed by atoms with Crippen molar-refractivity contribution in [1.29, 1.82) is 0 Å². The number of carbonyl (C=O) groups excluding carboxylic acids is 1. The summed E-state index contributed by atoms with van der Waals surface area (Å²) in [7, 11) is 0. The van der Waals surface area contributed by atoms with Crippen molar-refractivity contribution in [2.75, 3.05) is 38.2 Å². The van der Waals surface area contributed by atoms with Crippen molar-refractivity contribution >= 4 is 11.6 Å². The maximum absolute atomic E-state index is 12.2. The predicted molar refractivity (Wildman–Crippen MR) is 111 cm³/mol. The molecule has 5 nitrogen and oxygen atoms in total. The van der Waals surface area contributed by atoms with E-state index in [0.29, 0.717) is 11.7 Å². The van der Waals surface area contributed by atoms with E-state index < -0.39 is 0 Å². The van der Waals surface area contributed by atoms with Crippen molar-refractivity contribution in [2.45, 2.75) is 32.7 Å². The molecule has 3 rings (SSSR count). The monoisotopic (exact) mass is 383 g/mol. The summed E-state index contributed by atoms with van der Waals surface area (Å²) in [6, 6.07) is 16.0. The fourth-order valence-electron chi connectivity index (χ4n) is 3.31. The lowest BCUT2D eigenvalue weighted by atomic mass is 9.99. The number of morpholine rings is 1. The molecule has 28 heavy (non-hydrogen) atoms. The van der Waals surface area contributed by atoms with Crippen molar-refractivity contribution in [3.05, 3.63) is 59.7 Å². The Hall–Kier alpha value is -2.37. The van der Waals surface area contributed by atoms with E-state index >= 15 is 0 Å². The van der Waals surface area contributed by atoms with Gasteiger partial charge in [0.25, 0.3) is 5.91 Å². The Bertz CT molecular complexity index is 737. The molecule has 0 unspecified atom stereocenters. The number of ether oxygens (including phenoxy) is 2. The zero-order valence-electron chi connectivity index (χ0n) is 16.9. The van der Waals surface area contributed by atoms with E-state index in [1.807, 2.05) is 24.3 Å². The largest absolute Gasteiger partial charge is 0.484 e. The van der Waals surface area contributed by atoms with Crippen molar-refractivity contribution in [3.63, 3.8) is 0 Å². The molecule has 150 valence electrons. The normalized spacial score (nSPS) is 15.8. The standard InChI is InChI=1S/C23H30N2O3/c1-3-18(2)20-6-10-22(11-7-20)28-17-23(26)24-21-8-4-19(5-9-21)16-25-12-14-27-15-13-25/h4-11,18H,3,12-17H2,1-2H3,(H,24,26)/p+1/t18-/m1/s1. The molecule has 0 aromatic heterocycles. The molecule has 1 aliphatic heterocycles.